The molecule has 0 aromatic carbocycles. The fourth-order valence-electron chi connectivity index (χ4n) is 0.800. The van der Waals surface area contributed by atoms with Gasteiger partial charge >= 0.3 is 0 Å². The van der Waals surface area contributed by atoms with E-state index in [4.69, 9.17) is 11.6 Å². The monoisotopic (exact) mass is 148 g/mol. The van der Waals surface area contributed by atoms with Gasteiger partial charge in [0.1, 0.15) is 0 Å². The zero-order chi connectivity index (χ0) is 7.44. The molecule has 0 aliphatic rings. The zero-order valence-electron chi connectivity index (χ0n) is 6.15. The lowest BCUT2D eigenvalue weighted by atomic mass is 10.0. The number of carbonyl (C=O) groups excluding carboxylic acids is 1. The average Bonchev–Trinajstić information content (AvgIpc) is 1.63. The van der Waals surface area contributed by atoms with Gasteiger partial charge in [0.25, 0.3) is 0 Å². The third kappa shape index (κ3) is 4.46. The van der Waals surface area contributed by atoms with Crippen LogP contribution >= 0.6 is 11.6 Å². The molecule has 1 nitrogen and oxygen atoms in total. The van der Waals surface area contributed by atoms with Crippen molar-refractivity contribution >= 4 is 16.8 Å². The van der Waals surface area contributed by atoms with Crippen molar-refractivity contribution in [2.75, 3.05) is 0 Å². The smallest absolute Gasteiger partial charge is 0.224 e. The van der Waals surface area contributed by atoms with Crippen molar-refractivity contribution in [3.63, 3.8) is 0 Å². The molecule has 0 aliphatic heterocycles. The normalized spacial score (nSPS) is 13.9. The summed E-state index contributed by atoms with van der Waals surface area (Å²) in [6.07, 6.45) is 0.891. The minimum atomic E-state index is -0.219. The molecule has 0 aromatic rings. The third-order valence-corrected chi connectivity index (χ3v) is 1.58. The molecule has 2 heteroatoms. The summed E-state index contributed by atoms with van der Waals surface area (Å²) in [6.45, 7) is 6.02. The van der Waals surface area contributed by atoms with E-state index in [9.17, 15) is 4.79 Å². The molecule has 0 rings (SSSR count). The number of hydrogen-bond acceptors (Lipinski definition) is 1. The van der Waals surface area contributed by atoms with Crippen molar-refractivity contribution in [3.05, 3.63) is 0 Å². The molecule has 0 saturated carbocycles. The summed E-state index contributed by atoms with van der Waals surface area (Å²) >= 11 is 5.23. The Hall–Kier alpha value is -0.0400. The Kier molecular flexibility index (Phi) is 3.87. The fraction of sp³-hybridized carbons (Fsp3) is 0.857. The highest BCUT2D eigenvalue weighted by Gasteiger charge is 2.10. The Labute approximate surface area is 61.4 Å². The predicted molar refractivity (Wildman–Crippen MR) is 39.5 cm³/mol. The molecule has 1 atom stereocenters. The molecule has 0 radical (unpaired) electrons. The summed E-state index contributed by atoms with van der Waals surface area (Å²) in [7, 11) is 0. The van der Waals surface area contributed by atoms with Crippen LogP contribution in [0.5, 0.6) is 0 Å². The summed E-state index contributed by atoms with van der Waals surface area (Å²) in [4.78, 5) is 10.4. The predicted octanol–water partition coefficient (Wildman–Crippen LogP) is 2.43. The molecule has 9 heavy (non-hydrogen) atoms. The zero-order valence-corrected chi connectivity index (χ0v) is 6.90. The lowest BCUT2D eigenvalue weighted by Crippen LogP contribution is -2.06. The molecule has 0 aliphatic carbocycles. The van der Waals surface area contributed by atoms with Gasteiger partial charge in [-0.25, -0.2) is 0 Å². The van der Waals surface area contributed by atoms with Crippen molar-refractivity contribution in [1.29, 1.82) is 0 Å². The summed E-state index contributed by atoms with van der Waals surface area (Å²) < 4.78 is 0. The lowest BCUT2D eigenvalue weighted by molar-refractivity contribution is -0.115. The van der Waals surface area contributed by atoms with Crippen molar-refractivity contribution in [3.8, 4) is 0 Å². The van der Waals surface area contributed by atoms with Crippen LogP contribution in [0.4, 0.5) is 0 Å². The van der Waals surface area contributed by atoms with Gasteiger partial charge in [0.15, 0.2) is 0 Å². The minimum absolute atomic E-state index is 0.0201. The van der Waals surface area contributed by atoms with Crippen LogP contribution < -0.4 is 0 Å². The largest absolute Gasteiger partial charge is 0.281 e. The maximum atomic E-state index is 10.4. The van der Waals surface area contributed by atoms with Gasteiger partial charge < -0.3 is 0 Å². The van der Waals surface area contributed by atoms with E-state index >= 15 is 0 Å². The van der Waals surface area contributed by atoms with Gasteiger partial charge in [-0.3, -0.25) is 4.79 Å². The number of carbonyl (C=O) groups is 1. The summed E-state index contributed by atoms with van der Waals surface area (Å²) in [6, 6.07) is 0. The Bertz CT molecular complexity index is 99.1. The summed E-state index contributed by atoms with van der Waals surface area (Å²) in [5, 5.41) is -0.219. The van der Waals surface area contributed by atoms with Crippen molar-refractivity contribution in [2.24, 2.45) is 11.8 Å². The molecular formula is C7H13ClO. The molecule has 0 heterocycles. The standard InChI is InChI=1S/C7H13ClO/c1-5(2)4-6(3)7(8)9/h5-6H,4H2,1-3H3. The second-order valence-corrected chi connectivity index (χ2v) is 3.21. The molecule has 0 fully saturated rings. The Morgan fingerprint density at radius 3 is 2.00 bits per heavy atom. The van der Waals surface area contributed by atoms with Crippen LogP contribution in [0.15, 0.2) is 0 Å². The van der Waals surface area contributed by atoms with Gasteiger partial charge in [-0.1, -0.05) is 20.8 Å². The van der Waals surface area contributed by atoms with Crippen molar-refractivity contribution in [2.45, 2.75) is 27.2 Å². The van der Waals surface area contributed by atoms with Crippen LogP contribution in [-0.2, 0) is 4.79 Å². The van der Waals surface area contributed by atoms with E-state index in [0.717, 1.165) is 6.42 Å². The van der Waals surface area contributed by atoms with Crippen LogP contribution in [0, 0.1) is 11.8 Å². The van der Waals surface area contributed by atoms with Crippen LogP contribution in [0.25, 0.3) is 0 Å². The van der Waals surface area contributed by atoms with E-state index in [1.807, 2.05) is 6.92 Å². The molecule has 54 valence electrons. The number of halogens is 1. The highest BCUT2D eigenvalue weighted by molar-refractivity contribution is 6.63. The Morgan fingerprint density at radius 2 is 1.89 bits per heavy atom. The maximum Gasteiger partial charge on any atom is 0.224 e. The van der Waals surface area contributed by atoms with Crippen molar-refractivity contribution < 1.29 is 4.79 Å². The first-order chi connectivity index (χ1) is 4.04. The second-order valence-electron chi connectivity index (χ2n) is 2.83. The highest BCUT2D eigenvalue weighted by atomic mass is 35.5. The molecule has 0 bridgehead atoms. The number of hydrogen-bond donors (Lipinski definition) is 0. The SMILES string of the molecule is CC(C)CC(C)C(=O)Cl. The first-order valence-corrected chi connectivity index (χ1v) is 3.61. The van der Waals surface area contributed by atoms with Gasteiger partial charge in [0, 0.05) is 5.92 Å². The molecule has 0 amide bonds. The minimum Gasteiger partial charge on any atom is -0.281 e. The molecular weight excluding hydrogens is 136 g/mol. The Balaban J connectivity index is 3.50. The molecule has 0 spiro atoms. The number of rotatable bonds is 3. The van der Waals surface area contributed by atoms with E-state index in [1.54, 1.807) is 0 Å². The van der Waals surface area contributed by atoms with E-state index < -0.39 is 0 Å². The van der Waals surface area contributed by atoms with Gasteiger partial charge in [-0.2, -0.15) is 0 Å². The molecule has 1 unspecified atom stereocenters. The van der Waals surface area contributed by atoms with E-state index in [2.05, 4.69) is 13.8 Å². The van der Waals surface area contributed by atoms with E-state index in [0.29, 0.717) is 5.92 Å². The summed E-state index contributed by atoms with van der Waals surface area (Å²) in [5.74, 6) is 0.578. The van der Waals surface area contributed by atoms with E-state index in [1.165, 1.54) is 0 Å². The summed E-state index contributed by atoms with van der Waals surface area (Å²) in [5.41, 5.74) is 0. The quantitative estimate of drug-likeness (QED) is 0.562. The topological polar surface area (TPSA) is 17.1 Å². The Morgan fingerprint density at radius 1 is 1.44 bits per heavy atom. The first kappa shape index (κ1) is 8.96. The van der Waals surface area contributed by atoms with Gasteiger partial charge in [0.05, 0.1) is 0 Å². The van der Waals surface area contributed by atoms with Gasteiger partial charge in [0.2, 0.25) is 5.24 Å². The average molecular weight is 149 g/mol. The van der Waals surface area contributed by atoms with Crippen molar-refractivity contribution in [1.82, 2.24) is 0 Å². The highest BCUT2D eigenvalue weighted by Crippen LogP contribution is 2.12. The third-order valence-electron chi connectivity index (χ3n) is 1.21. The van der Waals surface area contributed by atoms with Crippen LogP contribution in [0.3, 0.4) is 0 Å². The molecule has 0 saturated heterocycles. The van der Waals surface area contributed by atoms with Crippen LogP contribution in [0.1, 0.15) is 27.2 Å². The lowest BCUT2D eigenvalue weighted by Gasteiger charge is -2.07. The fourth-order valence-corrected chi connectivity index (χ4v) is 0.889. The van der Waals surface area contributed by atoms with Crippen LogP contribution in [-0.4, -0.2) is 5.24 Å². The van der Waals surface area contributed by atoms with Gasteiger partial charge in [-0.15, -0.1) is 0 Å². The molecule has 0 N–H and O–H groups in total. The van der Waals surface area contributed by atoms with Gasteiger partial charge in [-0.05, 0) is 23.9 Å². The maximum absolute atomic E-state index is 10.4. The van der Waals surface area contributed by atoms with E-state index in [-0.39, 0.29) is 11.2 Å². The second kappa shape index (κ2) is 3.89. The molecule has 0 aromatic heterocycles. The first-order valence-electron chi connectivity index (χ1n) is 3.23. The van der Waals surface area contributed by atoms with Crippen LogP contribution in [0.2, 0.25) is 0 Å².